The molecule has 1 aromatic rings. The van der Waals surface area contributed by atoms with E-state index in [1.165, 1.54) is 12.1 Å². The normalized spacial score (nSPS) is 21.3. The van der Waals surface area contributed by atoms with Gasteiger partial charge in [0.15, 0.2) is 0 Å². The van der Waals surface area contributed by atoms with Gasteiger partial charge < -0.3 is 5.32 Å². The van der Waals surface area contributed by atoms with Crippen molar-refractivity contribution in [2.75, 3.05) is 0 Å². The fraction of sp³-hybridized carbons (Fsp3) is 0.533. The second-order valence-electron chi connectivity index (χ2n) is 6.27. The first-order valence-corrected chi connectivity index (χ1v) is 7.55. The van der Waals surface area contributed by atoms with Crippen molar-refractivity contribution in [2.45, 2.75) is 45.3 Å². The molecule has 1 N–H and O–H groups in total. The lowest BCUT2D eigenvalue weighted by molar-refractivity contribution is -0.138. The molecular weight excluding hydrogens is 347 g/mol. The molecule has 1 aromatic carbocycles. The molecule has 116 valence electrons. The summed E-state index contributed by atoms with van der Waals surface area (Å²) in [6, 6.07) is 3.54. The Bertz CT molecular complexity index is 554. The van der Waals surface area contributed by atoms with E-state index in [1.807, 2.05) is 0 Å². The van der Waals surface area contributed by atoms with Crippen LogP contribution in [-0.4, -0.2) is 11.9 Å². The second-order valence-corrected chi connectivity index (χ2v) is 7.18. The maximum absolute atomic E-state index is 13.0. The van der Waals surface area contributed by atoms with Gasteiger partial charge in [-0.1, -0.05) is 29.8 Å². The van der Waals surface area contributed by atoms with Crippen molar-refractivity contribution in [1.82, 2.24) is 5.32 Å². The van der Waals surface area contributed by atoms with Crippen LogP contribution in [0.1, 0.15) is 49.0 Å². The Morgan fingerprint density at radius 3 is 2.57 bits per heavy atom. The average Bonchev–Trinajstić information content (AvgIpc) is 2.67. The summed E-state index contributed by atoms with van der Waals surface area (Å²) in [7, 11) is 0. The van der Waals surface area contributed by atoms with Crippen molar-refractivity contribution in [3.05, 3.63) is 33.8 Å². The van der Waals surface area contributed by atoms with Crippen LogP contribution in [0.2, 0.25) is 0 Å². The second kappa shape index (κ2) is 5.63. The molecule has 1 amide bonds. The highest BCUT2D eigenvalue weighted by Gasteiger charge is 2.37. The monoisotopic (exact) mass is 363 g/mol. The zero-order valence-electron chi connectivity index (χ0n) is 11.9. The van der Waals surface area contributed by atoms with Gasteiger partial charge in [0.1, 0.15) is 0 Å². The number of benzene rings is 1. The predicted octanol–water partition coefficient (Wildman–Crippen LogP) is 4.78. The molecule has 0 radical (unpaired) electrons. The van der Waals surface area contributed by atoms with Crippen LogP contribution < -0.4 is 5.32 Å². The largest absolute Gasteiger partial charge is 0.417 e. The number of rotatable bonds is 2. The summed E-state index contributed by atoms with van der Waals surface area (Å²) in [6.45, 7) is 4.19. The molecule has 0 spiro atoms. The minimum atomic E-state index is -4.55. The molecule has 0 saturated heterocycles. The first-order valence-electron chi connectivity index (χ1n) is 6.76. The van der Waals surface area contributed by atoms with Crippen molar-refractivity contribution in [2.24, 2.45) is 5.41 Å². The van der Waals surface area contributed by atoms with Gasteiger partial charge in [-0.05, 0) is 42.9 Å². The summed E-state index contributed by atoms with van der Waals surface area (Å²) in [5, 5.41) is 2.73. The molecule has 1 saturated carbocycles. The highest BCUT2D eigenvalue weighted by molar-refractivity contribution is 9.10. The van der Waals surface area contributed by atoms with E-state index in [9.17, 15) is 18.0 Å². The van der Waals surface area contributed by atoms with Crippen molar-refractivity contribution >= 4 is 21.8 Å². The molecule has 0 aromatic heterocycles. The predicted molar refractivity (Wildman–Crippen MR) is 78.0 cm³/mol. The minimum Gasteiger partial charge on any atom is -0.349 e. The number of carbonyl (C=O) groups excluding carboxylic acids is 1. The summed E-state index contributed by atoms with van der Waals surface area (Å²) in [5.74, 6) is -0.655. The summed E-state index contributed by atoms with van der Waals surface area (Å²) < 4.78 is 39.4. The summed E-state index contributed by atoms with van der Waals surface area (Å²) in [5.41, 5.74) is -1.10. The number of halogens is 4. The van der Waals surface area contributed by atoms with E-state index in [2.05, 4.69) is 35.1 Å². The lowest BCUT2D eigenvalue weighted by atomic mass is 9.92. The van der Waals surface area contributed by atoms with E-state index >= 15 is 0 Å². The highest BCUT2D eigenvalue weighted by Crippen LogP contribution is 2.38. The smallest absolute Gasteiger partial charge is 0.349 e. The number of alkyl halides is 3. The van der Waals surface area contributed by atoms with Crippen LogP contribution in [0.4, 0.5) is 13.2 Å². The van der Waals surface area contributed by atoms with Crippen LogP contribution in [-0.2, 0) is 6.18 Å². The van der Waals surface area contributed by atoms with E-state index in [0.29, 0.717) is 4.47 Å². The van der Waals surface area contributed by atoms with Crippen molar-refractivity contribution in [1.29, 1.82) is 0 Å². The van der Waals surface area contributed by atoms with Gasteiger partial charge in [-0.3, -0.25) is 4.79 Å². The number of hydrogen-bond donors (Lipinski definition) is 1. The summed E-state index contributed by atoms with van der Waals surface area (Å²) in [6.07, 6.45) is -2.00. The quantitative estimate of drug-likeness (QED) is 0.804. The van der Waals surface area contributed by atoms with E-state index in [4.69, 9.17) is 0 Å². The van der Waals surface area contributed by atoms with E-state index in [-0.39, 0.29) is 17.0 Å². The molecule has 1 aliphatic rings. The molecule has 0 bridgehead atoms. The van der Waals surface area contributed by atoms with Crippen molar-refractivity contribution in [3.63, 3.8) is 0 Å². The van der Waals surface area contributed by atoms with Gasteiger partial charge in [0, 0.05) is 10.5 Å². The summed E-state index contributed by atoms with van der Waals surface area (Å²) >= 11 is 3.01. The van der Waals surface area contributed by atoms with Crippen LogP contribution in [0.25, 0.3) is 0 Å². The van der Waals surface area contributed by atoms with Crippen molar-refractivity contribution < 1.29 is 18.0 Å². The standard InChI is InChI=1S/C15H17BrF3NO/c1-14(2)6-5-10(8-14)20-13(21)11-4-3-9(16)7-12(11)15(17,18)19/h3-4,7,10H,5-6,8H2,1-2H3,(H,20,21). The molecule has 2 nitrogen and oxygen atoms in total. The highest BCUT2D eigenvalue weighted by atomic mass is 79.9. The number of amides is 1. The molecule has 1 atom stereocenters. The van der Waals surface area contributed by atoms with Gasteiger partial charge in [-0.15, -0.1) is 0 Å². The first-order chi connectivity index (χ1) is 9.58. The Hall–Kier alpha value is -1.04. The lowest BCUT2D eigenvalue weighted by Crippen LogP contribution is -2.34. The van der Waals surface area contributed by atoms with E-state index in [1.54, 1.807) is 0 Å². The summed E-state index contributed by atoms with van der Waals surface area (Å²) in [4.78, 5) is 12.2. The number of nitrogens with one attached hydrogen (secondary N) is 1. The number of carbonyl (C=O) groups is 1. The van der Waals surface area contributed by atoms with Gasteiger partial charge >= 0.3 is 6.18 Å². The average molecular weight is 364 g/mol. The molecule has 1 unspecified atom stereocenters. The maximum Gasteiger partial charge on any atom is 0.417 e. The molecule has 0 heterocycles. The van der Waals surface area contributed by atoms with Crippen LogP contribution in [0, 0.1) is 5.41 Å². The van der Waals surface area contributed by atoms with Gasteiger partial charge in [0.2, 0.25) is 0 Å². The van der Waals surface area contributed by atoms with E-state index in [0.717, 1.165) is 25.3 Å². The Kier molecular flexibility index (Phi) is 4.38. The molecular formula is C15H17BrF3NO. The maximum atomic E-state index is 13.0. The zero-order valence-corrected chi connectivity index (χ0v) is 13.4. The van der Waals surface area contributed by atoms with Crippen molar-refractivity contribution in [3.8, 4) is 0 Å². The van der Waals surface area contributed by atoms with Gasteiger partial charge in [0.25, 0.3) is 5.91 Å². The Morgan fingerprint density at radius 1 is 1.38 bits per heavy atom. The van der Waals surface area contributed by atoms with Gasteiger partial charge in [0.05, 0.1) is 11.1 Å². The SMILES string of the molecule is CC1(C)CCC(NC(=O)c2ccc(Br)cc2C(F)(F)F)C1. The Morgan fingerprint density at radius 2 is 2.05 bits per heavy atom. The van der Waals surface area contributed by atoms with Crippen LogP contribution >= 0.6 is 15.9 Å². The van der Waals surface area contributed by atoms with Crippen LogP contribution in [0.5, 0.6) is 0 Å². The third-order valence-corrected chi connectivity index (χ3v) is 4.33. The lowest BCUT2D eigenvalue weighted by Gasteiger charge is -2.19. The molecule has 1 aliphatic carbocycles. The number of hydrogen-bond acceptors (Lipinski definition) is 1. The molecule has 1 fully saturated rings. The third-order valence-electron chi connectivity index (χ3n) is 3.84. The molecule has 2 rings (SSSR count). The Balaban J connectivity index is 2.20. The fourth-order valence-corrected chi connectivity index (χ4v) is 3.13. The molecule has 21 heavy (non-hydrogen) atoms. The van der Waals surface area contributed by atoms with Crippen LogP contribution in [0.15, 0.2) is 22.7 Å². The topological polar surface area (TPSA) is 29.1 Å². The van der Waals surface area contributed by atoms with E-state index < -0.39 is 17.6 Å². The third kappa shape index (κ3) is 3.99. The first kappa shape index (κ1) is 16.3. The fourth-order valence-electron chi connectivity index (χ4n) is 2.77. The molecule has 6 heteroatoms. The zero-order chi connectivity index (χ0) is 15.8. The molecule has 0 aliphatic heterocycles. The van der Waals surface area contributed by atoms with Gasteiger partial charge in [-0.2, -0.15) is 13.2 Å². The Labute approximate surface area is 130 Å². The van der Waals surface area contributed by atoms with Gasteiger partial charge in [-0.25, -0.2) is 0 Å². The minimum absolute atomic E-state index is 0.0581. The van der Waals surface area contributed by atoms with Crippen LogP contribution in [0.3, 0.4) is 0 Å².